The number of carbonyl (C=O) groups is 1. The third kappa shape index (κ3) is 2.94. The molecule has 0 radical (unpaired) electrons. The van der Waals surface area contributed by atoms with E-state index in [-0.39, 0.29) is 12.2 Å². The molecule has 0 saturated heterocycles. The third-order valence-corrected chi connectivity index (χ3v) is 3.71. The van der Waals surface area contributed by atoms with Gasteiger partial charge >= 0.3 is 5.97 Å². The van der Waals surface area contributed by atoms with Gasteiger partial charge in [-0.2, -0.15) is 0 Å². The van der Waals surface area contributed by atoms with Crippen molar-refractivity contribution in [1.29, 1.82) is 0 Å². The monoisotopic (exact) mass is 291 g/mol. The Morgan fingerprint density at radius 1 is 1.38 bits per heavy atom. The van der Waals surface area contributed by atoms with Gasteiger partial charge < -0.3 is 19.9 Å². The molecule has 3 N–H and O–H groups in total. The SMILES string of the molecule is CCc1cc(C(=O)O)c2c(c1)c(C(C)O)cn2CCCO. The van der Waals surface area contributed by atoms with Crippen molar-refractivity contribution in [2.75, 3.05) is 6.61 Å². The number of aromatic carboxylic acids is 1. The summed E-state index contributed by atoms with van der Waals surface area (Å²) in [6, 6.07) is 3.63. The Balaban J connectivity index is 2.76. The van der Waals surface area contributed by atoms with E-state index in [1.165, 1.54) is 0 Å². The molecule has 114 valence electrons. The van der Waals surface area contributed by atoms with Crippen LogP contribution >= 0.6 is 0 Å². The van der Waals surface area contributed by atoms with Crippen LogP contribution in [-0.4, -0.2) is 32.5 Å². The maximum absolute atomic E-state index is 11.6. The number of benzene rings is 1. The first-order valence-electron chi connectivity index (χ1n) is 7.17. The number of carboxylic acid groups (broad SMARTS) is 1. The van der Waals surface area contributed by atoms with Gasteiger partial charge in [0.05, 0.1) is 17.2 Å². The topological polar surface area (TPSA) is 82.7 Å². The van der Waals surface area contributed by atoms with Crippen molar-refractivity contribution in [3.8, 4) is 0 Å². The van der Waals surface area contributed by atoms with Crippen LogP contribution in [0.4, 0.5) is 0 Å². The Kier molecular flexibility index (Phi) is 4.65. The molecule has 0 fully saturated rings. The van der Waals surface area contributed by atoms with Gasteiger partial charge in [0, 0.05) is 30.3 Å². The molecule has 0 saturated carbocycles. The average Bonchev–Trinajstić information content (AvgIpc) is 2.82. The summed E-state index contributed by atoms with van der Waals surface area (Å²) in [4.78, 5) is 11.6. The molecule has 1 heterocycles. The lowest BCUT2D eigenvalue weighted by Crippen LogP contribution is -2.05. The number of hydrogen-bond acceptors (Lipinski definition) is 3. The predicted octanol–water partition coefficient (Wildman–Crippen LogP) is 2.34. The van der Waals surface area contributed by atoms with Crippen molar-refractivity contribution in [2.24, 2.45) is 0 Å². The molecular formula is C16H21NO4. The van der Waals surface area contributed by atoms with E-state index in [9.17, 15) is 15.0 Å². The van der Waals surface area contributed by atoms with Crippen molar-refractivity contribution in [1.82, 2.24) is 4.57 Å². The highest BCUT2D eigenvalue weighted by molar-refractivity contribution is 6.04. The van der Waals surface area contributed by atoms with Crippen molar-refractivity contribution in [3.63, 3.8) is 0 Å². The molecule has 2 rings (SSSR count). The molecule has 21 heavy (non-hydrogen) atoms. The molecule has 0 aliphatic carbocycles. The van der Waals surface area contributed by atoms with E-state index in [1.807, 2.05) is 17.6 Å². The van der Waals surface area contributed by atoms with Crippen molar-refractivity contribution in [2.45, 2.75) is 39.3 Å². The largest absolute Gasteiger partial charge is 0.478 e. The molecular weight excluding hydrogens is 270 g/mol. The second-order valence-electron chi connectivity index (χ2n) is 5.23. The van der Waals surface area contributed by atoms with Crippen LogP contribution < -0.4 is 0 Å². The predicted molar refractivity (Wildman–Crippen MR) is 80.6 cm³/mol. The molecule has 2 aromatic rings. The van der Waals surface area contributed by atoms with Crippen molar-refractivity contribution < 1.29 is 20.1 Å². The number of rotatable bonds is 6. The Morgan fingerprint density at radius 3 is 2.62 bits per heavy atom. The minimum Gasteiger partial charge on any atom is -0.478 e. The first-order valence-corrected chi connectivity index (χ1v) is 7.17. The molecule has 5 heteroatoms. The van der Waals surface area contributed by atoms with Gasteiger partial charge in [0.25, 0.3) is 0 Å². The van der Waals surface area contributed by atoms with Gasteiger partial charge in [0.2, 0.25) is 0 Å². The highest BCUT2D eigenvalue weighted by Crippen LogP contribution is 2.31. The Bertz CT molecular complexity index is 658. The summed E-state index contributed by atoms with van der Waals surface area (Å²) in [6.07, 6.45) is 2.39. The first kappa shape index (κ1) is 15.5. The summed E-state index contributed by atoms with van der Waals surface area (Å²) in [5.74, 6) is -0.976. The summed E-state index contributed by atoms with van der Waals surface area (Å²) < 4.78 is 1.82. The third-order valence-electron chi connectivity index (χ3n) is 3.71. The molecule has 0 amide bonds. The fraction of sp³-hybridized carbons (Fsp3) is 0.438. The van der Waals surface area contributed by atoms with Crippen LogP contribution in [0.2, 0.25) is 0 Å². The number of aliphatic hydroxyl groups excluding tert-OH is 2. The maximum atomic E-state index is 11.6. The van der Waals surface area contributed by atoms with Crippen LogP contribution in [0.25, 0.3) is 10.9 Å². The lowest BCUT2D eigenvalue weighted by atomic mass is 10.0. The fourth-order valence-electron chi connectivity index (χ4n) is 2.64. The van der Waals surface area contributed by atoms with Crippen LogP contribution in [0.1, 0.15) is 47.9 Å². The summed E-state index contributed by atoms with van der Waals surface area (Å²) in [7, 11) is 0. The Morgan fingerprint density at radius 2 is 2.10 bits per heavy atom. The van der Waals surface area contributed by atoms with E-state index in [0.717, 1.165) is 22.9 Å². The zero-order valence-corrected chi connectivity index (χ0v) is 12.3. The molecule has 1 unspecified atom stereocenters. The molecule has 1 aromatic carbocycles. The summed E-state index contributed by atoms with van der Waals surface area (Å²) >= 11 is 0. The highest BCUT2D eigenvalue weighted by atomic mass is 16.4. The molecule has 1 aromatic heterocycles. The van der Waals surface area contributed by atoms with Gasteiger partial charge in [0.1, 0.15) is 0 Å². The van der Waals surface area contributed by atoms with Crippen LogP contribution in [0, 0.1) is 0 Å². The minimum absolute atomic E-state index is 0.0408. The zero-order valence-electron chi connectivity index (χ0n) is 12.3. The van der Waals surface area contributed by atoms with Gasteiger partial charge in [-0.25, -0.2) is 4.79 Å². The van der Waals surface area contributed by atoms with Gasteiger partial charge in [-0.15, -0.1) is 0 Å². The van der Waals surface area contributed by atoms with Gasteiger partial charge in [-0.1, -0.05) is 6.92 Å². The van der Waals surface area contributed by atoms with Crippen LogP contribution in [0.5, 0.6) is 0 Å². The van der Waals surface area contributed by atoms with E-state index >= 15 is 0 Å². The van der Waals surface area contributed by atoms with E-state index in [1.54, 1.807) is 19.2 Å². The smallest absolute Gasteiger partial charge is 0.337 e. The van der Waals surface area contributed by atoms with Crippen LogP contribution in [0.3, 0.4) is 0 Å². The highest BCUT2D eigenvalue weighted by Gasteiger charge is 2.19. The lowest BCUT2D eigenvalue weighted by molar-refractivity contribution is 0.0698. The van der Waals surface area contributed by atoms with Crippen LogP contribution in [-0.2, 0) is 13.0 Å². The molecule has 1 atom stereocenters. The molecule has 5 nitrogen and oxygen atoms in total. The Hall–Kier alpha value is -1.85. The molecule has 0 aliphatic rings. The molecule has 0 bridgehead atoms. The lowest BCUT2D eigenvalue weighted by Gasteiger charge is -2.08. The summed E-state index contributed by atoms with van der Waals surface area (Å²) in [6.45, 7) is 4.20. The van der Waals surface area contributed by atoms with Crippen molar-refractivity contribution in [3.05, 3.63) is 35.0 Å². The van der Waals surface area contributed by atoms with E-state index in [4.69, 9.17) is 5.11 Å². The number of aryl methyl sites for hydroxylation is 2. The van der Waals surface area contributed by atoms with E-state index in [2.05, 4.69) is 0 Å². The maximum Gasteiger partial charge on any atom is 0.337 e. The number of nitrogens with zero attached hydrogens (tertiary/aromatic N) is 1. The standard InChI is InChI=1S/C16H21NO4/c1-3-11-7-12-14(10(2)19)9-17(5-4-6-18)15(12)13(8-11)16(20)21/h7-10,18-19H,3-6H2,1-2H3,(H,20,21). The second-order valence-corrected chi connectivity index (χ2v) is 5.23. The zero-order chi connectivity index (χ0) is 15.6. The first-order chi connectivity index (χ1) is 9.99. The number of hydrogen-bond donors (Lipinski definition) is 3. The van der Waals surface area contributed by atoms with Crippen molar-refractivity contribution >= 4 is 16.9 Å². The normalized spacial score (nSPS) is 12.8. The number of aromatic nitrogens is 1. The minimum atomic E-state index is -0.976. The quantitative estimate of drug-likeness (QED) is 0.763. The van der Waals surface area contributed by atoms with Gasteiger partial charge in [0.15, 0.2) is 0 Å². The Labute approximate surface area is 123 Å². The van der Waals surface area contributed by atoms with E-state index in [0.29, 0.717) is 18.5 Å². The number of aliphatic hydroxyl groups is 2. The van der Waals surface area contributed by atoms with Gasteiger partial charge in [-0.05, 0) is 37.5 Å². The fourth-order valence-corrected chi connectivity index (χ4v) is 2.64. The van der Waals surface area contributed by atoms with Crippen LogP contribution in [0.15, 0.2) is 18.3 Å². The summed E-state index contributed by atoms with van der Waals surface area (Å²) in [5.41, 5.74) is 2.51. The molecule has 0 spiro atoms. The number of fused-ring (bicyclic) bond motifs is 1. The summed E-state index contributed by atoms with van der Waals surface area (Å²) in [5, 5.41) is 29.2. The molecule has 0 aliphatic heterocycles. The second kappa shape index (κ2) is 6.28. The number of carboxylic acids is 1. The van der Waals surface area contributed by atoms with Gasteiger partial charge in [-0.3, -0.25) is 0 Å². The average molecular weight is 291 g/mol. The van der Waals surface area contributed by atoms with E-state index < -0.39 is 12.1 Å².